The van der Waals surface area contributed by atoms with Crippen molar-refractivity contribution in [2.45, 2.75) is 6.61 Å². The van der Waals surface area contributed by atoms with Crippen LogP contribution in [0.2, 0.25) is 0 Å². The maximum absolute atomic E-state index is 12.6. The van der Waals surface area contributed by atoms with E-state index in [9.17, 15) is 9.59 Å². The van der Waals surface area contributed by atoms with Gasteiger partial charge in [0.15, 0.2) is 11.5 Å². The summed E-state index contributed by atoms with van der Waals surface area (Å²) in [5, 5.41) is 2.59. The van der Waals surface area contributed by atoms with E-state index >= 15 is 0 Å². The molecule has 3 aromatic rings. The SMILES string of the molecule is C=CCOC(=O)C(=Cc1ccc(OC)c(OC)c1)NC(=O)C=Cc1ccc(OCc2ccccc2)cc1. The van der Waals surface area contributed by atoms with E-state index in [1.807, 2.05) is 54.6 Å². The van der Waals surface area contributed by atoms with Crippen LogP contribution in [0.5, 0.6) is 17.2 Å². The average molecular weight is 500 g/mol. The number of carbonyl (C=O) groups excluding carboxylic acids is 2. The van der Waals surface area contributed by atoms with Crippen molar-refractivity contribution in [2.24, 2.45) is 0 Å². The summed E-state index contributed by atoms with van der Waals surface area (Å²) in [6, 6.07) is 22.3. The number of esters is 1. The molecule has 0 unspecified atom stereocenters. The van der Waals surface area contributed by atoms with Gasteiger partial charge in [0.05, 0.1) is 14.2 Å². The molecule has 7 heteroatoms. The first-order chi connectivity index (χ1) is 18.0. The van der Waals surface area contributed by atoms with Crippen LogP contribution >= 0.6 is 0 Å². The van der Waals surface area contributed by atoms with Crippen LogP contribution in [-0.2, 0) is 20.9 Å². The fourth-order valence-electron chi connectivity index (χ4n) is 3.23. The van der Waals surface area contributed by atoms with Crippen LogP contribution < -0.4 is 19.5 Å². The van der Waals surface area contributed by atoms with E-state index in [0.29, 0.717) is 23.7 Å². The number of carbonyl (C=O) groups is 2. The summed E-state index contributed by atoms with van der Waals surface area (Å²) in [6.07, 6.45) is 5.92. The maximum atomic E-state index is 12.6. The lowest BCUT2D eigenvalue weighted by Crippen LogP contribution is -2.27. The summed E-state index contributed by atoms with van der Waals surface area (Å²) in [5.41, 5.74) is 2.44. The quantitative estimate of drug-likeness (QED) is 0.210. The zero-order chi connectivity index (χ0) is 26.5. The molecule has 190 valence electrons. The lowest BCUT2D eigenvalue weighted by atomic mass is 10.1. The number of hydrogen-bond acceptors (Lipinski definition) is 6. The van der Waals surface area contributed by atoms with Crippen molar-refractivity contribution in [1.82, 2.24) is 5.32 Å². The normalized spacial score (nSPS) is 11.0. The minimum absolute atomic E-state index is 0.00646. The molecule has 0 spiro atoms. The third-order valence-corrected chi connectivity index (χ3v) is 5.08. The number of benzene rings is 3. The Labute approximate surface area is 216 Å². The third-order valence-electron chi connectivity index (χ3n) is 5.08. The largest absolute Gasteiger partial charge is 0.493 e. The third kappa shape index (κ3) is 8.43. The summed E-state index contributed by atoms with van der Waals surface area (Å²) < 4.78 is 21.5. The molecule has 0 saturated carbocycles. The zero-order valence-corrected chi connectivity index (χ0v) is 20.8. The fourth-order valence-corrected chi connectivity index (χ4v) is 3.23. The Morgan fingerprint density at radius 1 is 0.892 bits per heavy atom. The van der Waals surface area contributed by atoms with Gasteiger partial charge < -0.3 is 24.3 Å². The molecule has 0 saturated heterocycles. The van der Waals surface area contributed by atoms with Crippen molar-refractivity contribution in [1.29, 1.82) is 0 Å². The fraction of sp³-hybridized carbons (Fsp3) is 0.133. The molecule has 1 amide bonds. The van der Waals surface area contributed by atoms with E-state index in [2.05, 4.69) is 11.9 Å². The van der Waals surface area contributed by atoms with E-state index in [0.717, 1.165) is 16.9 Å². The number of amides is 1. The van der Waals surface area contributed by atoms with Crippen LogP contribution in [0.25, 0.3) is 12.2 Å². The molecule has 0 aromatic heterocycles. The molecule has 0 aliphatic rings. The van der Waals surface area contributed by atoms with E-state index in [1.165, 1.54) is 32.4 Å². The van der Waals surface area contributed by atoms with Gasteiger partial charge in [-0.2, -0.15) is 0 Å². The highest BCUT2D eigenvalue weighted by Crippen LogP contribution is 2.28. The Balaban J connectivity index is 1.68. The molecule has 0 heterocycles. The lowest BCUT2D eigenvalue weighted by Gasteiger charge is -2.10. The molecule has 0 atom stereocenters. The Bertz CT molecular complexity index is 1260. The summed E-state index contributed by atoms with van der Waals surface area (Å²) in [5.74, 6) is 0.551. The predicted octanol–water partition coefficient (Wildman–Crippen LogP) is 5.18. The van der Waals surface area contributed by atoms with Gasteiger partial charge in [-0.3, -0.25) is 4.79 Å². The van der Waals surface area contributed by atoms with Crippen molar-refractivity contribution in [3.05, 3.63) is 114 Å². The standard InChI is InChI=1S/C30H29NO6/c1-4-18-36-30(33)26(19-24-12-16-27(34-2)28(20-24)35-3)31-29(32)17-13-22-10-14-25(15-11-22)37-21-23-8-6-5-7-9-23/h4-17,19-20H,1,18,21H2,2-3H3,(H,31,32). The molecule has 0 radical (unpaired) electrons. The monoisotopic (exact) mass is 499 g/mol. The first kappa shape index (κ1) is 26.8. The highest BCUT2D eigenvalue weighted by molar-refractivity contribution is 6.02. The maximum Gasteiger partial charge on any atom is 0.355 e. The number of hydrogen-bond donors (Lipinski definition) is 1. The van der Waals surface area contributed by atoms with Crippen LogP contribution in [0.3, 0.4) is 0 Å². The second kappa shape index (κ2) is 13.9. The smallest absolute Gasteiger partial charge is 0.355 e. The van der Waals surface area contributed by atoms with Gasteiger partial charge in [0.1, 0.15) is 24.7 Å². The topological polar surface area (TPSA) is 83.1 Å². The van der Waals surface area contributed by atoms with E-state index in [4.69, 9.17) is 18.9 Å². The molecule has 0 aliphatic carbocycles. The number of methoxy groups -OCH3 is 2. The summed E-state index contributed by atoms with van der Waals surface area (Å²) in [7, 11) is 3.04. The predicted molar refractivity (Wildman–Crippen MR) is 143 cm³/mol. The van der Waals surface area contributed by atoms with Crippen LogP contribution in [0.15, 0.2) is 97.2 Å². The van der Waals surface area contributed by atoms with Gasteiger partial charge in [0.25, 0.3) is 0 Å². The molecule has 3 aromatic carbocycles. The summed E-state index contributed by atoms with van der Waals surface area (Å²) >= 11 is 0. The van der Waals surface area contributed by atoms with Crippen LogP contribution in [0.1, 0.15) is 16.7 Å². The molecule has 0 fully saturated rings. The van der Waals surface area contributed by atoms with Crippen LogP contribution in [0.4, 0.5) is 0 Å². The highest BCUT2D eigenvalue weighted by Gasteiger charge is 2.14. The van der Waals surface area contributed by atoms with E-state index in [-0.39, 0.29) is 12.3 Å². The lowest BCUT2D eigenvalue weighted by molar-refractivity contribution is -0.139. The van der Waals surface area contributed by atoms with Gasteiger partial charge in [0, 0.05) is 6.08 Å². The minimum atomic E-state index is -0.698. The molecule has 37 heavy (non-hydrogen) atoms. The Kier molecular flexibility index (Phi) is 10.1. The molecule has 7 nitrogen and oxygen atoms in total. The van der Waals surface area contributed by atoms with Crippen molar-refractivity contribution >= 4 is 24.0 Å². The average Bonchev–Trinajstić information content (AvgIpc) is 2.94. The first-order valence-corrected chi connectivity index (χ1v) is 11.5. The van der Waals surface area contributed by atoms with Gasteiger partial charge in [-0.1, -0.05) is 61.2 Å². The molecule has 3 rings (SSSR count). The molecular formula is C30H29NO6. The minimum Gasteiger partial charge on any atom is -0.493 e. The highest BCUT2D eigenvalue weighted by atomic mass is 16.5. The van der Waals surface area contributed by atoms with E-state index < -0.39 is 11.9 Å². The molecular weight excluding hydrogens is 470 g/mol. The summed E-state index contributed by atoms with van der Waals surface area (Å²) in [4.78, 5) is 25.2. The number of ether oxygens (including phenoxy) is 4. The Hall–Kier alpha value is -4.78. The van der Waals surface area contributed by atoms with Crippen molar-refractivity contribution in [2.75, 3.05) is 20.8 Å². The van der Waals surface area contributed by atoms with Gasteiger partial charge in [0.2, 0.25) is 5.91 Å². The second-order valence-electron chi connectivity index (χ2n) is 7.73. The molecule has 1 N–H and O–H groups in total. The van der Waals surface area contributed by atoms with Crippen molar-refractivity contribution in [3.63, 3.8) is 0 Å². The van der Waals surface area contributed by atoms with Crippen molar-refractivity contribution < 1.29 is 28.5 Å². The van der Waals surface area contributed by atoms with Crippen LogP contribution in [0, 0.1) is 0 Å². The van der Waals surface area contributed by atoms with Gasteiger partial charge in [-0.25, -0.2) is 4.79 Å². The molecule has 0 bridgehead atoms. The summed E-state index contributed by atoms with van der Waals surface area (Å²) in [6.45, 7) is 4.01. The zero-order valence-electron chi connectivity index (χ0n) is 20.8. The Morgan fingerprint density at radius 3 is 2.27 bits per heavy atom. The number of rotatable bonds is 12. The van der Waals surface area contributed by atoms with Gasteiger partial charge in [-0.15, -0.1) is 0 Å². The first-order valence-electron chi connectivity index (χ1n) is 11.5. The number of nitrogens with one attached hydrogen (secondary N) is 1. The molecule has 0 aliphatic heterocycles. The van der Waals surface area contributed by atoms with Crippen LogP contribution in [-0.4, -0.2) is 32.7 Å². The van der Waals surface area contributed by atoms with Gasteiger partial charge in [-0.05, 0) is 53.1 Å². The van der Waals surface area contributed by atoms with Crippen molar-refractivity contribution in [3.8, 4) is 17.2 Å². The second-order valence-corrected chi connectivity index (χ2v) is 7.73. The van der Waals surface area contributed by atoms with Gasteiger partial charge >= 0.3 is 5.97 Å². The Morgan fingerprint density at radius 2 is 1.59 bits per heavy atom. The van der Waals surface area contributed by atoms with E-state index in [1.54, 1.807) is 24.3 Å².